The van der Waals surface area contributed by atoms with Gasteiger partial charge in [-0.2, -0.15) is 5.06 Å². The minimum absolute atomic E-state index is 0.249. The molecule has 2 aliphatic heterocycles. The zero-order valence-corrected chi connectivity index (χ0v) is 14.0. The summed E-state index contributed by atoms with van der Waals surface area (Å²) in [6, 6.07) is 3.34. The van der Waals surface area contributed by atoms with Crippen LogP contribution in [-0.4, -0.2) is 33.6 Å². The number of benzene rings is 1. The Morgan fingerprint density at radius 2 is 1.70 bits per heavy atom. The molecule has 23 heavy (non-hydrogen) atoms. The normalized spacial score (nSPS) is 28.1. The van der Waals surface area contributed by atoms with E-state index in [0.29, 0.717) is 0 Å². The second-order valence-electron chi connectivity index (χ2n) is 7.35. The second-order valence-corrected chi connectivity index (χ2v) is 7.35. The smallest absolute Gasteiger partial charge is 0.258 e. The third-order valence-corrected chi connectivity index (χ3v) is 4.47. The first-order valence-corrected chi connectivity index (χ1v) is 7.72. The van der Waals surface area contributed by atoms with Crippen LogP contribution in [0.4, 0.5) is 0 Å². The van der Waals surface area contributed by atoms with Crippen molar-refractivity contribution in [1.29, 1.82) is 0 Å². The van der Waals surface area contributed by atoms with E-state index in [0.717, 1.165) is 16.7 Å². The lowest BCUT2D eigenvalue weighted by atomic mass is 9.87. The number of nitrogens with zero attached hydrogens (tertiary/aromatic N) is 1. The Bertz CT molecular complexity index is 669. The van der Waals surface area contributed by atoms with Gasteiger partial charge in [-0.3, -0.25) is 19.7 Å². The zero-order valence-electron chi connectivity index (χ0n) is 14.0. The van der Waals surface area contributed by atoms with E-state index in [9.17, 15) is 14.7 Å². The van der Waals surface area contributed by atoms with E-state index in [1.165, 1.54) is 0 Å². The number of carbonyl (C=O) groups excluding carboxylic acids is 2. The van der Waals surface area contributed by atoms with Gasteiger partial charge < -0.3 is 5.11 Å². The van der Waals surface area contributed by atoms with Gasteiger partial charge in [0.2, 0.25) is 5.91 Å². The van der Waals surface area contributed by atoms with E-state index in [1.807, 2.05) is 46.8 Å². The molecule has 6 nitrogen and oxygen atoms in total. The minimum Gasteiger partial charge on any atom is -0.507 e. The highest BCUT2D eigenvalue weighted by molar-refractivity contribution is 6.07. The van der Waals surface area contributed by atoms with Crippen LogP contribution in [0.15, 0.2) is 12.1 Å². The topological polar surface area (TPSA) is 78.9 Å². The molecule has 3 unspecified atom stereocenters. The molecule has 0 saturated carbocycles. The van der Waals surface area contributed by atoms with Gasteiger partial charge >= 0.3 is 0 Å². The van der Waals surface area contributed by atoms with Crippen LogP contribution in [0.1, 0.15) is 43.5 Å². The van der Waals surface area contributed by atoms with E-state index >= 15 is 0 Å². The Labute approximate surface area is 135 Å². The molecule has 0 aromatic heterocycles. The van der Waals surface area contributed by atoms with Crippen LogP contribution in [0.2, 0.25) is 0 Å². The highest BCUT2D eigenvalue weighted by Gasteiger charge is 2.58. The molecule has 2 fully saturated rings. The van der Waals surface area contributed by atoms with Crippen LogP contribution < -0.4 is 5.32 Å². The van der Waals surface area contributed by atoms with Crippen LogP contribution >= 0.6 is 0 Å². The van der Waals surface area contributed by atoms with Gasteiger partial charge in [0.25, 0.3) is 5.91 Å². The number of carbonyl (C=O) groups is 2. The van der Waals surface area contributed by atoms with Crippen molar-refractivity contribution in [2.45, 2.75) is 52.3 Å². The van der Waals surface area contributed by atoms with Crippen molar-refractivity contribution in [1.82, 2.24) is 10.4 Å². The summed E-state index contributed by atoms with van der Waals surface area (Å²) in [5, 5.41) is 14.1. The summed E-state index contributed by atoms with van der Waals surface area (Å²) >= 11 is 0. The third-order valence-electron chi connectivity index (χ3n) is 4.47. The van der Waals surface area contributed by atoms with Gasteiger partial charge in [0.15, 0.2) is 6.10 Å². The number of hydrogen-bond donors (Lipinski definition) is 2. The van der Waals surface area contributed by atoms with E-state index in [4.69, 9.17) is 4.84 Å². The van der Waals surface area contributed by atoms with Crippen molar-refractivity contribution >= 4 is 11.8 Å². The Hall–Kier alpha value is -1.92. The monoisotopic (exact) mass is 318 g/mol. The maximum atomic E-state index is 12.3. The highest BCUT2D eigenvalue weighted by Crippen LogP contribution is 2.46. The summed E-state index contributed by atoms with van der Waals surface area (Å²) in [5.41, 5.74) is 1.96. The summed E-state index contributed by atoms with van der Waals surface area (Å²) in [5.74, 6) is -1.02. The molecule has 1 aromatic carbocycles. The molecule has 0 bridgehead atoms. The standard InChI is InChI=1S/C17H22N2O4/c1-8-6-10(7-9(2)13(8)20)12-11-14(16(22)18-15(11)21)23-19(12)17(3,4)5/h6-7,11-12,14,20H,1-5H3,(H,18,21,22). The van der Waals surface area contributed by atoms with Gasteiger partial charge in [-0.1, -0.05) is 12.1 Å². The van der Waals surface area contributed by atoms with Gasteiger partial charge in [0.05, 0.1) is 12.0 Å². The largest absolute Gasteiger partial charge is 0.507 e. The van der Waals surface area contributed by atoms with Crippen LogP contribution in [0, 0.1) is 19.8 Å². The lowest BCUT2D eigenvalue weighted by Crippen LogP contribution is -2.43. The van der Waals surface area contributed by atoms with Crippen molar-refractivity contribution in [3.8, 4) is 5.75 Å². The number of hydroxylamine groups is 2. The summed E-state index contributed by atoms with van der Waals surface area (Å²) < 4.78 is 0. The maximum absolute atomic E-state index is 12.3. The fraction of sp³-hybridized carbons (Fsp3) is 0.529. The first-order valence-electron chi connectivity index (χ1n) is 7.72. The molecule has 0 spiro atoms. The molecule has 2 aliphatic rings. The van der Waals surface area contributed by atoms with Gasteiger partial charge in [-0.25, -0.2) is 0 Å². The van der Waals surface area contributed by atoms with Gasteiger partial charge in [0.1, 0.15) is 5.75 Å². The van der Waals surface area contributed by atoms with Crippen molar-refractivity contribution in [3.63, 3.8) is 0 Å². The molecule has 1 aromatic rings. The van der Waals surface area contributed by atoms with Crippen LogP contribution in [-0.2, 0) is 14.4 Å². The van der Waals surface area contributed by atoms with Gasteiger partial charge in [0, 0.05) is 5.54 Å². The summed E-state index contributed by atoms with van der Waals surface area (Å²) in [6.07, 6.45) is -0.791. The molecule has 2 N–H and O–H groups in total. The van der Waals surface area contributed by atoms with E-state index in [1.54, 1.807) is 5.06 Å². The van der Waals surface area contributed by atoms with Gasteiger partial charge in [-0.15, -0.1) is 0 Å². The zero-order chi connectivity index (χ0) is 17.1. The lowest BCUT2D eigenvalue weighted by molar-refractivity contribution is -0.212. The van der Waals surface area contributed by atoms with Crippen LogP contribution in [0.5, 0.6) is 5.75 Å². The molecule has 0 aliphatic carbocycles. The number of nitrogens with one attached hydrogen (secondary N) is 1. The molecule has 124 valence electrons. The third kappa shape index (κ3) is 2.42. The number of rotatable bonds is 1. The van der Waals surface area contributed by atoms with Crippen molar-refractivity contribution in [3.05, 3.63) is 28.8 Å². The molecule has 3 atom stereocenters. The minimum atomic E-state index is -0.791. The first-order chi connectivity index (χ1) is 10.6. The predicted molar refractivity (Wildman–Crippen MR) is 83.4 cm³/mol. The second kappa shape index (κ2) is 5.04. The molecule has 2 saturated heterocycles. The number of fused-ring (bicyclic) bond motifs is 1. The Balaban J connectivity index is 2.12. The quantitative estimate of drug-likeness (QED) is 0.771. The number of aryl methyl sites for hydroxylation is 2. The fourth-order valence-electron chi connectivity index (χ4n) is 3.41. The predicted octanol–water partition coefficient (Wildman–Crippen LogP) is 1.74. The maximum Gasteiger partial charge on any atom is 0.258 e. The van der Waals surface area contributed by atoms with E-state index in [-0.39, 0.29) is 29.1 Å². The first kappa shape index (κ1) is 16.0. The molecule has 0 radical (unpaired) electrons. The number of phenols is 1. The van der Waals surface area contributed by atoms with Gasteiger partial charge in [-0.05, 0) is 51.3 Å². The molecule has 2 amide bonds. The average molecular weight is 318 g/mol. The van der Waals surface area contributed by atoms with Crippen LogP contribution in [0.3, 0.4) is 0 Å². The lowest BCUT2D eigenvalue weighted by Gasteiger charge is -2.36. The number of hydrogen-bond acceptors (Lipinski definition) is 5. The molecule has 3 rings (SSSR count). The number of phenolic OH excluding ortho intramolecular Hbond substituents is 1. The Kier molecular flexibility index (Phi) is 3.50. The Morgan fingerprint density at radius 3 is 2.22 bits per heavy atom. The number of aromatic hydroxyl groups is 1. The summed E-state index contributed by atoms with van der Waals surface area (Å²) in [7, 11) is 0. The number of amides is 2. The van der Waals surface area contributed by atoms with Crippen molar-refractivity contribution < 1.29 is 19.5 Å². The Morgan fingerprint density at radius 1 is 1.13 bits per heavy atom. The van der Waals surface area contributed by atoms with E-state index in [2.05, 4.69) is 5.32 Å². The van der Waals surface area contributed by atoms with Crippen molar-refractivity contribution in [2.75, 3.05) is 0 Å². The molecule has 6 heteroatoms. The summed E-state index contributed by atoms with van der Waals surface area (Å²) in [6.45, 7) is 9.57. The fourth-order valence-corrected chi connectivity index (χ4v) is 3.41. The van der Waals surface area contributed by atoms with E-state index < -0.39 is 12.0 Å². The molecular formula is C17H22N2O4. The molecule has 2 heterocycles. The summed E-state index contributed by atoms with van der Waals surface area (Å²) in [4.78, 5) is 30.1. The average Bonchev–Trinajstić information content (AvgIpc) is 2.95. The molecular weight excluding hydrogens is 296 g/mol. The van der Waals surface area contributed by atoms with Crippen LogP contribution in [0.25, 0.3) is 0 Å². The number of imide groups is 1. The van der Waals surface area contributed by atoms with Crippen molar-refractivity contribution in [2.24, 2.45) is 5.92 Å². The SMILES string of the molecule is Cc1cc(C2C3C(=O)NC(=O)C3ON2C(C)(C)C)cc(C)c1O. The highest BCUT2D eigenvalue weighted by atomic mass is 16.7.